The molecule has 0 saturated carbocycles. The predicted molar refractivity (Wildman–Crippen MR) is 103 cm³/mol. The summed E-state index contributed by atoms with van der Waals surface area (Å²) in [6, 6.07) is 25.6. The molecular weight excluding hydrogens is 308 g/mol. The number of nitrogens with zero attached hydrogens (tertiary/aromatic N) is 1. The maximum Gasteiger partial charge on any atom is 0.271 e. The molecule has 1 amide bonds. The molecule has 0 aliphatic rings. The molecule has 0 radical (unpaired) electrons. The number of carbonyl (C=O) groups excluding carboxylic acids is 1. The normalized spacial score (nSPS) is 11.2. The summed E-state index contributed by atoms with van der Waals surface area (Å²) in [5.74, 6) is -0.217. The summed E-state index contributed by atoms with van der Waals surface area (Å²) in [5, 5.41) is 4.20. The van der Waals surface area contributed by atoms with Crippen molar-refractivity contribution in [2.75, 3.05) is 0 Å². The van der Waals surface area contributed by atoms with Crippen molar-refractivity contribution in [3.63, 3.8) is 0 Å². The van der Waals surface area contributed by atoms with Gasteiger partial charge in [0.05, 0.1) is 5.71 Å². The van der Waals surface area contributed by atoms with Crippen LogP contribution in [0.2, 0.25) is 0 Å². The summed E-state index contributed by atoms with van der Waals surface area (Å²) in [4.78, 5) is 12.3. The van der Waals surface area contributed by atoms with Gasteiger partial charge in [-0.2, -0.15) is 5.10 Å². The van der Waals surface area contributed by atoms with E-state index < -0.39 is 0 Å². The highest BCUT2D eigenvalue weighted by atomic mass is 16.2. The van der Waals surface area contributed by atoms with E-state index in [2.05, 4.69) is 10.5 Å². The fraction of sp³-hybridized carbons (Fsp3) is 0.0909. The molecule has 0 aliphatic heterocycles. The number of hydrazone groups is 1. The quantitative estimate of drug-likeness (QED) is 0.541. The molecule has 124 valence electrons. The highest BCUT2D eigenvalue weighted by molar-refractivity contribution is 6.01. The standard InChI is InChI=1S/C22H20N2O/c1-16-8-10-18(11-9-16)17(2)23-24-22(25)21-14-12-20(13-15-21)19-6-4-3-5-7-19/h3-15H,1-2H3,(H,24,25)/b23-17-. The van der Waals surface area contributed by atoms with Crippen LogP contribution in [0.1, 0.15) is 28.4 Å². The molecule has 0 heterocycles. The van der Waals surface area contributed by atoms with Crippen molar-refractivity contribution < 1.29 is 4.79 Å². The molecule has 0 saturated heterocycles. The van der Waals surface area contributed by atoms with Crippen molar-refractivity contribution in [3.8, 4) is 11.1 Å². The van der Waals surface area contributed by atoms with Gasteiger partial charge in [-0.25, -0.2) is 5.43 Å². The first-order chi connectivity index (χ1) is 12.1. The Kier molecular flexibility index (Phi) is 5.05. The lowest BCUT2D eigenvalue weighted by molar-refractivity contribution is 0.0955. The third-order valence-corrected chi connectivity index (χ3v) is 4.05. The highest BCUT2D eigenvalue weighted by Gasteiger charge is 2.06. The van der Waals surface area contributed by atoms with Crippen molar-refractivity contribution in [1.82, 2.24) is 5.43 Å². The minimum Gasteiger partial charge on any atom is -0.267 e. The van der Waals surface area contributed by atoms with Crippen LogP contribution >= 0.6 is 0 Å². The predicted octanol–water partition coefficient (Wildman–Crippen LogP) is 4.82. The topological polar surface area (TPSA) is 41.5 Å². The van der Waals surface area contributed by atoms with E-state index >= 15 is 0 Å². The van der Waals surface area contributed by atoms with Crippen molar-refractivity contribution in [3.05, 3.63) is 95.6 Å². The zero-order chi connectivity index (χ0) is 17.6. The molecule has 25 heavy (non-hydrogen) atoms. The average Bonchev–Trinajstić information content (AvgIpc) is 2.67. The van der Waals surface area contributed by atoms with Gasteiger partial charge >= 0.3 is 0 Å². The Hall–Kier alpha value is -3.20. The number of hydrogen-bond donors (Lipinski definition) is 1. The molecule has 0 spiro atoms. The lowest BCUT2D eigenvalue weighted by Gasteiger charge is -2.05. The maximum absolute atomic E-state index is 12.3. The van der Waals surface area contributed by atoms with E-state index in [1.807, 2.05) is 92.7 Å². The van der Waals surface area contributed by atoms with E-state index in [-0.39, 0.29) is 5.91 Å². The minimum atomic E-state index is -0.217. The Morgan fingerprint density at radius 3 is 1.96 bits per heavy atom. The summed E-state index contributed by atoms with van der Waals surface area (Å²) in [7, 11) is 0. The zero-order valence-corrected chi connectivity index (χ0v) is 14.4. The van der Waals surface area contributed by atoms with Gasteiger partial charge in [-0.3, -0.25) is 4.79 Å². The number of amides is 1. The first-order valence-corrected chi connectivity index (χ1v) is 8.20. The van der Waals surface area contributed by atoms with Gasteiger partial charge in [0.15, 0.2) is 0 Å². The Labute approximate surface area is 148 Å². The lowest BCUT2D eigenvalue weighted by atomic mass is 10.0. The molecule has 1 N–H and O–H groups in total. The van der Waals surface area contributed by atoms with Crippen LogP contribution in [0.3, 0.4) is 0 Å². The van der Waals surface area contributed by atoms with Crippen LogP contribution in [0.4, 0.5) is 0 Å². The van der Waals surface area contributed by atoms with Gasteiger partial charge in [-0.05, 0) is 42.7 Å². The van der Waals surface area contributed by atoms with Gasteiger partial charge in [0.25, 0.3) is 5.91 Å². The molecule has 3 aromatic rings. The van der Waals surface area contributed by atoms with E-state index in [4.69, 9.17) is 0 Å². The van der Waals surface area contributed by atoms with Gasteiger partial charge in [0.2, 0.25) is 0 Å². The number of nitrogens with one attached hydrogen (secondary N) is 1. The largest absolute Gasteiger partial charge is 0.271 e. The molecule has 0 aromatic heterocycles. The molecule has 3 aromatic carbocycles. The maximum atomic E-state index is 12.3. The fourth-order valence-corrected chi connectivity index (χ4v) is 2.50. The molecule has 0 fully saturated rings. The lowest BCUT2D eigenvalue weighted by Crippen LogP contribution is -2.19. The Balaban J connectivity index is 1.69. The minimum absolute atomic E-state index is 0.217. The van der Waals surface area contributed by atoms with Gasteiger partial charge in [-0.1, -0.05) is 72.3 Å². The summed E-state index contributed by atoms with van der Waals surface area (Å²) >= 11 is 0. The third-order valence-electron chi connectivity index (χ3n) is 4.05. The molecule has 3 heteroatoms. The summed E-state index contributed by atoms with van der Waals surface area (Å²) in [5.41, 5.74) is 8.37. The summed E-state index contributed by atoms with van der Waals surface area (Å²) in [6.45, 7) is 3.92. The van der Waals surface area contributed by atoms with Crippen LogP contribution in [0.15, 0.2) is 84.0 Å². The van der Waals surface area contributed by atoms with Gasteiger partial charge in [-0.15, -0.1) is 0 Å². The zero-order valence-electron chi connectivity index (χ0n) is 14.4. The average molecular weight is 328 g/mol. The van der Waals surface area contributed by atoms with Gasteiger partial charge < -0.3 is 0 Å². The smallest absolute Gasteiger partial charge is 0.267 e. The van der Waals surface area contributed by atoms with Crippen molar-refractivity contribution in [2.45, 2.75) is 13.8 Å². The van der Waals surface area contributed by atoms with Crippen molar-refractivity contribution in [2.24, 2.45) is 5.10 Å². The first-order valence-electron chi connectivity index (χ1n) is 8.20. The van der Waals surface area contributed by atoms with Crippen molar-refractivity contribution >= 4 is 11.6 Å². The van der Waals surface area contributed by atoms with Gasteiger partial charge in [0, 0.05) is 5.56 Å². The van der Waals surface area contributed by atoms with Crippen LogP contribution in [0.25, 0.3) is 11.1 Å². The molecule has 0 aliphatic carbocycles. The summed E-state index contributed by atoms with van der Waals surface area (Å²) < 4.78 is 0. The van der Waals surface area contributed by atoms with Crippen LogP contribution in [-0.2, 0) is 0 Å². The first kappa shape index (κ1) is 16.7. The van der Waals surface area contributed by atoms with Gasteiger partial charge in [0.1, 0.15) is 0 Å². The number of aryl methyl sites for hydroxylation is 1. The molecule has 0 unspecified atom stereocenters. The number of carbonyl (C=O) groups is 1. The third kappa shape index (κ3) is 4.21. The molecule has 0 atom stereocenters. The Morgan fingerprint density at radius 1 is 0.760 bits per heavy atom. The van der Waals surface area contributed by atoms with Crippen LogP contribution in [-0.4, -0.2) is 11.6 Å². The second kappa shape index (κ2) is 7.58. The van der Waals surface area contributed by atoms with E-state index in [0.29, 0.717) is 5.56 Å². The van der Waals surface area contributed by atoms with Crippen LogP contribution < -0.4 is 5.43 Å². The number of hydrogen-bond acceptors (Lipinski definition) is 2. The van der Waals surface area contributed by atoms with Crippen molar-refractivity contribution in [1.29, 1.82) is 0 Å². The highest BCUT2D eigenvalue weighted by Crippen LogP contribution is 2.19. The number of benzene rings is 3. The molecular formula is C22H20N2O. The monoisotopic (exact) mass is 328 g/mol. The fourth-order valence-electron chi connectivity index (χ4n) is 2.50. The molecule has 3 rings (SSSR count). The van der Waals surface area contributed by atoms with Crippen LogP contribution in [0.5, 0.6) is 0 Å². The number of rotatable bonds is 4. The Bertz CT molecular complexity index is 880. The molecule has 3 nitrogen and oxygen atoms in total. The van der Waals surface area contributed by atoms with E-state index in [9.17, 15) is 4.79 Å². The Morgan fingerprint density at radius 2 is 1.32 bits per heavy atom. The second-order valence-corrected chi connectivity index (χ2v) is 5.95. The van der Waals surface area contributed by atoms with E-state index in [1.165, 1.54) is 5.56 Å². The summed E-state index contributed by atoms with van der Waals surface area (Å²) in [6.07, 6.45) is 0. The second-order valence-electron chi connectivity index (χ2n) is 5.95. The molecule has 0 bridgehead atoms. The van der Waals surface area contributed by atoms with E-state index in [0.717, 1.165) is 22.4 Å². The van der Waals surface area contributed by atoms with E-state index in [1.54, 1.807) is 0 Å². The SMILES string of the molecule is C/C(=N/NC(=O)c1ccc(-c2ccccc2)cc1)c1ccc(C)cc1. The van der Waals surface area contributed by atoms with Crippen LogP contribution in [0, 0.1) is 6.92 Å².